The first-order valence-corrected chi connectivity index (χ1v) is 7.27. The van der Waals surface area contributed by atoms with Crippen molar-refractivity contribution in [2.75, 3.05) is 0 Å². The van der Waals surface area contributed by atoms with Crippen molar-refractivity contribution >= 4 is 0 Å². The minimum absolute atomic E-state index is 0.474. The zero-order valence-corrected chi connectivity index (χ0v) is 12.2. The van der Waals surface area contributed by atoms with E-state index < -0.39 is 0 Å². The number of hydrogen-bond acceptors (Lipinski definition) is 2. The Morgan fingerprint density at radius 2 is 2.37 bits per heavy atom. The Hall–Kier alpha value is -1.35. The highest BCUT2D eigenvalue weighted by Crippen LogP contribution is 2.20. The van der Waals surface area contributed by atoms with Crippen molar-refractivity contribution in [3.63, 3.8) is 0 Å². The minimum atomic E-state index is 0.474. The van der Waals surface area contributed by atoms with Gasteiger partial charge in [-0.1, -0.05) is 17.7 Å². The summed E-state index contributed by atoms with van der Waals surface area (Å²) < 4.78 is 1.95. The molecule has 3 nitrogen and oxygen atoms in total. The third-order valence-electron chi connectivity index (χ3n) is 3.85. The van der Waals surface area contributed by atoms with Crippen LogP contribution in [0.25, 0.3) is 0 Å². The zero-order valence-electron chi connectivity index (χ0n) is 12.2. The lowest BCUT2D eigenvalue weighted by atomic mass is 9.94. The second kappa shape index (κ2) is 6.71. The minimum Gasteiger partial charge on any atom is -0.306 e. The highest BCUT2D eigenvalue weighted by molar-refractivity contribution is 5.17. The molecule has 1 aromatic rings. The predicted molar refractivity (Wildman–Crippen MR) is 80.0 cm³/mol. The van der Waals surface area contributed by atoms with Gasteiger partial charge in [-0.25, -0.2) is 0 Å². The lowest BCUT2D eigenvalue weighted by molar-refractivity contribution is 0.558. The average Bonchev–Trinajstić information content (AvgIpc) is 2.78. The monoisotopic (exact) mass is 259 g/mol. The van der Waals surface area contributed by atoms with Crippen LogP contribution < -0.4 is 5.32 Å². The Balaban J connectivity index is 1.90. The summed E-state index contributed by atoms with van der Waals surface area (Å²) in [6.07, 6.45) is 11.6. The molecule has 1 unspecified atom stereocenters. The molecule has 2 rings (SSSR count). The van der Waals surface area contributed by atoms with Gasteiger partial charge in [-0.2, -0.15) is 5.10 Å². The number of aryl methyl sites for hydroxylation is 1. The SMILES string of the molecule is C=CCn1cc(CNC(C)C2=CCCCC2)c(C)n1. The molecule has 19 heavy (non-hydrogen) atoms. The Kier molecular flexibility index (Phi) is 4.97. The van der Waals surface area contributed by atoms with Gasteiger partial charge < -0.3 is 5.32 Å². The summed E-state index contributed by atoms with van der Waals surface area (Å²) in [7, 11) is 0. The molecule has 0 spiro atoms. The Labute approximate surface area is 116 Å². The molecule has 0 bridgehead atoms. The Morgan fingerprint density at radius 3 is 3.05 bits per heavy atom. The maximum atomic E-state index is 4.48. The predicted octanol–water partition coefficient (Wildman–Crippen LogP) is 3.36. The second-order valence-electron chi connectivity index (χ2n) is 5.38. The van der Waals surface area contributed by atoms with Gasteiger partial charge in [0.15, 0.2) is 0 Å². The number of hydrogen-bond donors (Lipinski definition) is 1. The van der Waals surface area contributed by atoms with E-state index in [1.165, 1.54) is 31.2 Å². The number of nitrogens with one attached hydrogen (secondary N) is 1. The van der Waals surface area contributed by atoms with Crippen LogP contribution in [0, 0.1) is 6.92 Å². The first kappa shape index (κ1) is 14.1. The highest BCUT2D eigenvalue weighted by atomic mass is 15.3. The van der Waals surface area contributed by atoms with Gasteiger partial charge in [0.25, 0.3) is 0 Å². The first-order chi connectivity index (χ1) is 9.20. The standard InChI is InChI=1S/C16H25N3/c1-4-10-19-12-16(14(3)18-19)11-17-13(2)15-8-6-5-7-9-15/h4,8,12-13,17H,1,5-7,9-11H2,2-3H3. The van der Waals surface area contributed by atoms with Crippen LogP contribution in [0.5, 0.6) is 0 Å². The summed E-state index contributed by atoms with van der Waals surface area (Å²) in [4.78, 5) is 0. The molecule has 0 aliphatic heterocycles. The summed E-state index contributed by atoms with van der Waals surface area (Å²) in [5, 5.41) is 8.10. The molecular formula is C16H25N3. The van der Waals surface area contributed by atoms with Gasteiger partial charge in [-0.15, -0.1) is 6.58 Å². The van der Waals surface area contributed by atoms with Crippen LogP contribution in [0.4, 0.5) is 0 Å². The molecular weight excluding hydrogens is 234 g/mol. The van der Waals surface area contributed by atoms with E-state index in [1.807, 2.05) is 10.8 Å². The van der Waals surface area contributed by atoms with E-state index in [-0.39, 0.29) is 0 Å². The van der Waals surface area contributed by atoms with E-state index in [2.05, 4.69) is 43.1 Å². The van der Waals surface area contributed by atoms with Crippen LogP contribution in [0.2, 0.25) is 0 Å². The smallest absolute Gasteiger partial charge is 0.0638 e. The van der Waals surface area contributed by atoms with Crippen LogP contribution in [0.1, 0.15) is 43.9 Å². The fourth-order valence-corrected chi connectivity index (χ4v) is 2.61. The molecule has 104 valence electrons. The molecule has 0 aromatic carbocycles. The van der Waals surface area contributed by atoms with E-state index >= 15 is 0 Å². The molecule has 0 saturated heterocycles. The third kappa shape index (κ3) is 3.80. The summed E-state index contributed by atoms with van der Waals surface area (Å²) >= 11 is 0. The topological polar surface area (TPSA) is 29.9 Å². The van der Waals surface area contributed by atoms with Crippen LogP contribution in [-0.4, -0.2) is 15.8 Å². The molecule has 3 heteroatoms. The molecule has 1 atom stereocenters. The second-order valence-corrected chi connectivity index (χ2v) is 5.38. The number of rotatable bonds is 6. The number of allylic oxidation sites excluding steroid dienone is 2. The van der Waals surface area contributed by atoms with Crippen LogP contribution >= 0.6 is 0 Å². The highest BCUT2D eigenvalue weighted by Gasteiger charge is 2.12. The van der Waals surface area contributed by atoms with Crippen LogP contribution in [0.15, 0.2) is 30.5 Å². The fourth-order valence-electron chi connectivity index (χ4n) is 2.61. The van der Waals surface area contributed by atoms with Crippen LogP contribution in [0.3, 0.4) is 0 Å². The normalized spacial score (nSPS) is 17.1. The maximum Gasteiger partial charge on any atom is 0.0638 e. The van der Waals surface area contributed by atoms with Crippen molar-refractivity contribution in [1.82, 2.24) is 15.1 Å². The van der Waals surface area contributed by atoms with Crippen molar-refractivity contribution in [2.45, 2.75) is 58.7 Å². The number of nitrogens with zero attached hydrogens (tertiary/aromatic N) is 2. The quantitative estimate of drug-likeness (QED) is 0.794. The first-order valence-electron chi connectivity index (χ1n) is 7.27. The van der Waals surface area contributed by atoms with Crippen LogP contribution in [-0.2, 0) is 13.1 Å². The van der Waals surface area contributed by atoms with Gasteiger partial charge in [0.05, 0.1) is 12.2 Å². The van der Waals surface area contributed by atoms with Gasteiger partial charge in [0.1, 0.15) is 0 Å². The molecule has 1 heterocycles. The van der Waals surface area contributed by atoms with Gasteiger partial charge in [-0.05, 0) is 39.5 Å². The van der Waals surface area contributed by atoms with Crippen molar-refractivity contribution in [2.24, 2.45) is 0 Å². The van der Waals surface area contributed by atoms with E-state index in [0.29, 0.717) is 6.04 Å². The average molecular weight is 259 g/mol. The Bertz CT molecular complexity index is 457. The molecule has 1 aromatic heterocycles. The zero-order chi connectivity index (χ0) is 13.7. The van der Waals surface area contributed by atoms with E-state index in [4.69, 9.17) is 0 Å². The van der Waals surface area contributed by atoms with Gasteiger partial charge >= 0.3 is 0 Å². The molecule has 0 amide bonds. The lowest BCUT2D eigenvalue weighted by Gasteiger charge is -2.20. The molecule has 0 fully saturated rings. The van der Waals surface area contributed by atoms with Crippen molar-refractivity contribution in [3.8, 4) is 0 Å². The maximum absolute atomic E-state index is 4.48. The van der Waals surface area contributed by atoms with Gasteiger partial charge in [0, 0.05) is 24.3 Å². The molecule has 1 aliphatic carbocycles. The molecule has 0 radical (unpaired) electrons. The summed E-state index contributed by atoms with van der Waals surface area (Å²) in [6.45, 7) is 9.75. The Morgan fingerprint density at radius 1 is 1.53 bits per heavy atom. The molecule has 0 saturated carbocycles. The van der Waals surface area contributed by atoms with Crippen molar-refractivity contribution in [1.29, 1.82) is 0 Å². The number of aromatic nitrogens is 2. The largest absolute Gasteiger partial charge is 0.306 e. The van der Waals surface area contributed by atoms with Gasteiger partial charge in [0.2, 0.25) is 0 Å². The van der Waals surface area contributed by atoms with Crippen molar-refractivity contribution < 1.29 is 0 Å². The summed E-state index contributed by atoms with van der Waals surface area (Å²) in [5.41, 5.74) is 3.96. The van der Waals surface area contributed by atoms with E-state index in [1.54, 1.807) is 5.57 Å². The molecule has 1 N–H and O–H groups in total. The van der Waals surface area contributed by atoms with Gasteiger partial charge in [-0.3, -0.25) is 4.68 Å². The summed E-state index contributed by atoms with van der Waals surface area (Å²) in [6, 6.07) is 0.474. The summed E-state index contributed by atoms with van der Waals surface area (Å²) in [5.74, 6) is 0. The molecule has 1 aliphatic rings. The van der Waals surface area contributed by atoms with E-state index in [0.717, 1.165) is 18.8 Å². The van der Waals surface area contributed by atoms with Crippen molar-refractivity contribution in [3.05, 3.63) is 41.8 Å². The lowest BCUT2D eigenvalue weighted by Crippen LogP contribution is -2.28. The van der Waals surface area contributed by atoms with E-state index in [9.17, 15) is 0 Å². The fraction of sp³-hybridized carbons (Fsp3) is 0.562. The third-order valence-corrected chi connectivity index (χ3v) is 3.85.